The third-order valence-corrected chi connectivity index (χ3v) is 7.14. The zero-order valence-electron chi connectivity index (χ0n) is 21.4. The Labute approximate surface area is 221 Å². The van der Waals surface area contributed by atoms with Crippen LogP contribution in [0, 0.1) is 11.6 Å². The van der Waals surface area contributed by atoms with Crippen LogP contribution in [0.1, 0.15) is 30.1 Å². The molecule has 0 bridgehead atoms. The van der Waals surface area contributed by atoms with Crippen LogP contribution >= 0.6 is 0 Å². The molecule has 1 N–H and O–H groups in total. The first kappa shape index (κ1) is 26.1. The van der Waals surface area contributed by atoms with E-state index in [-0.39, 0.29) is 41.0 Å². The summed E-state index contributed by atoms with van der Waals surface area (Å²) in [7, 11) is 2.54. The number of methoxy groups -OCH3 is 2. The number of benzene rings is 1. The van der Waals surface area contributed by atoms with Crippen molar-refractivity contribution in [2.75, 3.05) is 37.1 Å². The van der Waals surface area contributed by atoms with Crippen molar-refractivity contribution in [2.45, 2.75) is 31.4 Å². The van der Waals surface area contributed by atoms with Gasteiger partial charge in [0.25, 0.3) is 0 Å². The summed E-state index contributed by atoms with van der Waals surface area (Å²) in [6.07, 6.45) is 0.794. The van der Waals surface area contributed by atoms with Crippen LogP contribution in [0.5, 0.6) is 11.6 Å². The Morgan fingerprint density at radius 1 is 1.18 bits per heavy atom. The number of nitrogens with zero attached hydrogens (tertiary/aromatic N) is 5. The molecule has 1 saturated heterocycles. The van der Waals surface area contributed by atoms with Gasteiger partial charge in [-0.2, -0.15) is 0 Å². The smallest absolute Gasteiger partial charge is 0.413 e. The van der Waals surface area contributed by atoms with Crippen molar-refractivity contribution in [3.8, 4) is 22.9 Å². The van der Waals surface area contributed by atoms with Gasteiger partial charge in [0, 0.05) is 24.8 Å². The number of carbonyl (C=O) groups is 2. The molecule has 0 spiro atoms. The molecule has 2 aliphatic heterocycles. The number of hydrogen-bond donors (Lipinski definition) is 1. The number of carboxylic acid groups (broad SMARTS) is 1. The number of pyridine rings is 1. The van der Waals surface area contributed by atoms with Crippen molar-refractivity contribution in [3.05, 3.63) is 53.7 Å². The molecule has 2 aromatic heterocycles. The van der Waals surface area contributed by atoms with E-state index in [1.807, 2.05) is 11.8 Å². The van der Waals surface area contributed by atoms with Crippen molar-refractivity contribution < 1.29 is 37.7 Å². The molecule has 0 saturated carbocycles. The zero-order valence-corrected chi connectivity index (χ0v) is 21.4. The van der Waals surface area contributed by atoms with Crippen molar-refractivity contribution in [3.63, 3.8) is 0 Å². The number of esters is 1. The number of amides is 1. The number of ether oxygens (including phenoxy) is 3. The summed E-state index contributed by atoms with van der Waals surface area (Å²) in [6.45, 7) is 2.42. The average Bonchev–Trinajstić information content (AvgIpc) is 3.30. The minimum Gasteiger partial charge on any atom is -0.493 e. The maximum Gasteiger partial charge on any atom is 0.413 e. The van der Waals surface area contributed by atoms with Crippen LogP contribution in [0.15, 0.2) is 36.5 Å². The molecule has 0 unspecified atom stereocenters. The van der Waals surface area contributed by atoms with Crippen LogP contribution in [0.4, 0.5) is 25.1 Å². The van der Waals surface area contributed by atoms with Gasteiger partial charge < -0.3 is 24.2 Å². The van der Waals surface area contributed by atoms with Crippen LogP contribution in [0.3, 0.4) is 0 Å². The van der Waals surface area contributed by atoms with E-state index in [2.05, 4.69) is 15.2 Å². The summed E-state index contributed by atoms with van der Waals surface area (Å²) in [5, 5.41) is 18.2. The fourth-order valence-electron chi connectivity index (χ4n) is 5.27. The maximum atomic E-state index is 14.4. The monoisotopic (exact) mass is 541 g/mol. The molecule has 0 radical (unpaired) electrons. The van der Waals surface area contributed by atoms with Gasteiger partial charge in [0.1, 0.15) is 11.9 Å². The van der Waals surface area contributed by atoms with E-state index in [0.29, 0.717) is 37.0 Å². The van der Waals surface area contributed by atoms with Crippen LogP contribution < -0.4 is 19.3 Å². The molecule has 5 rings (SSSR count). The van der Waals surface area contributed by atoms with Gasteiger partial charge in [-0.15, -0.1) is 10.2 Å². The van der Waals surface area contributed by atoms with Gasteiger partial charge in [0.15, 0.2) is 17.4 Å². The van der Waals surface area contributed by atoms with Gasteiger partial charge in [-0.05, 0) is 24.6 Å². The van der Waals surface area contributed by atoms with E-state index in [1.165, 1.54) is 20.4 Å². The highest BCUT2D eigenvalue weighted by Gasteiger charge is 2.52. The lowest BCUT2D eigenvalue weighted by Gasteiger charge is -2.46. The predicted molar refractivity (Wildman–Crippen MR) is 134 cm³/mol. The second kappa shape index (κ2) is 9.97. The topological polar surface area (TPSA) is 127 Å². The highest BCUT2D eigenvalue weighted by Crippen LogP contribution is 2.47. The Bertz CT molecular complexity index is 1440. The number of fused-ring (bicyclic) bond motifs is 3. The average molecular weight is 542 g/mol. The third kappa shape index (κ3) is 4.53. The lowest BCUT2D eigenvalue weighted by atomic mass is 9.89. The molecule has 1 fully saturated rings. The predicted octanol–water partition coefficient (Wildman–Crippen LogP) is 3.92. The van der Waals surface area contributed by atoms with Gasteiger partial charge in [-0.1, -0.05) is 6.92 Å². The second-order valence-electron chi connectivity index (χ2n) is 9.28. The van der Waals surface area contributed by atoms with Crippen molar-refractivity contribution in [2.24, 2.45) is 0 Å². The van der Waals surface area contributed by atoms with Crippen molar-refractivity contribution in [1.29, 1.82) is 0 Å². The molecule has 1 aromatic carbocycles. The normalized spacial score (nSPS) is 19.8. The number of halogens is 2. The lowest BCUT2D eigenvalue weighted by Crippen LogP contribution is -2.57. The minimum absolute atomic E-state index is 0.0433. The van der Waals surface area contributed by atoms with E-state index in [4.69, 9.17) is 14.2 Å². The van der Waals surface area contributed by atoms with Crippen LogP contribution in [-0.2, 0) is 4.74 Å². The van der Waals surface area contributed by atoms with E-state index in [1.54, 1.807) is 18.2 Å². The van der Waals surface area contributed by atoms with Crippen LogP contribution in [-0.4, -0.2) is 71.3 Å². The number of anilines is 2. The van der Waals surface area contributed by atoms with Crippen molar-refractivity contribution in [1.82, 2.24) is 15.2 Å². The molecule has 204 valence electrons. The second-order valence-corrected chi connectivity index (χ2v) is 9.28. The highest BCUT2D eigenvalue weighted by atomic mass is 19.1. The fraction of sp³-hybridized carbons (Fsp3) is 0.346. The molecule has 0 aliphatic carbocycles. The molecular weight excluding hydrogens is 516 g/mol. The number of aromatic nitrogens is 3. The number of rotatable bonds is 6. The number of carbonyl (C=O) groups excluding carboxylic acids is 1. The molecule has 1 amide bonds. The van der Waals surface area contributed by atoms with Gasteiger partial charge in [0.2, 0.25) is 5.88 Å². The summed E-state index contributed by atoms with van der Waals surface area (Å²) in [4.78, 5) is 31.3. The maximum absolute atomic E-state index is 14.4. The summed E-state index contributed by atoms with van der Waals surface area (Å²) < 4.78 is 44.5. The first-order chi connectivity index (χ1) is 18.7. The lowest BCUT2D eigenvalue weighted by molar-refractivity contribution is 0.0600. The zero-order chi connectivity index (χ0) is 27.9. The third-order valence-electron chi connectivity index (χ3n) is 7.14. The van der Waals surface area contributed by atoms with Gasteiger partial charge in [-0.25, -0.2) is 23.4 Å². The van der Waals surface area contributed by atoms with E-state index < -0.39 is 29.2 Å². The summed E-state index contributed by atoms with van der Waals surface area (Å²) in [5.74, 6) is -2.05. The standard InChI is InChI=1S/C26H25F2N5O6/c1-4-26-10-16(39-21-6-5-14(11-29-21)24(34)38-3)12-33(26)20-9-19(30-31-23(20)32(13-26)25(35)36)17-7-15(27)8-18(28)22(17)37-2/h5-9,11,16H,4,10,12-13H2,1-3H3,(H,35,36)/t16-,26-/m1/s1. The molecular formula is C26H25F2N5O6. The molecule has 11 nitrogen and oxygen atoms in total. The Kier molecular flexibility index (Phi) is 6.66. The van der Waals surface area contributed by atoms with Crippen molar-refractivity contribution >= 4 is 23.6 Å². The quantitative estimate of drug-likeness (QED) is 0.459. The summed E-state index contributed by atoms with van der Waals surface area (Å²) in [5.41, 5.74) is 0.217. The first-order valence-electron chi connectivity index (χ1n) is 12.1. The largest absolute Gasteiger partial charge is 0.493 e. The molecule has 2 aliphatic rings. The summed E-state index contributed by atoms with van der Waals surface area (Å²) in [6, 6.07) is 6.46. The summed E-state index contributed by atoms with van der Waals surface area (Å²) >= 11 is 0. The Morgan fingerprint density at radius 3 is 2.62 bits per heavy atom. The van der Waals surface area contributed by atoms with E-state index in [9.17, 15) is 23.5 Å². The molecule has 3 aromatic rings. The van der Waals surface area contributed by atoms with Gasteiger partial charge >= 0.3 is 12.1 Å². The van der Waals surface area contributed by atoms with Gasteiger partial charge in [0.05, 0.1) is 55.4 Å². The fourth-order valence-corrected chi connectivity index (χ4v) is 5.27. The minimum atomic E-state index is -1.20. The molecule has 13 heteroatoms. The van der Waals surface area contributed by atoms with E-state index in [0.717, 1.165) is 11.0 Å². The van der Waals surface area contributed by atoms with Gasteiger partial charge in [-0.3, -0.25) is 4.90 Å². The Morgan fingerprint density at radius 2 is 1.97 bits per heavy atom. The molecule has 39 heavy (non-hydrogen) atoms. The van der Waals surface area contributed by atoms with Crippen LogP contribution in [0.2, 0.25) is 0 Å². The Balaban J connectivity index is 1.53. The highest BCUT2D eigenvalue weighted by molar-refractivity contribution is 5.92. The Hall–Kier alpha value is -4.55. The van der Waals surface area contributed by atoms with Crippen LogP contribution in [0.25, 0.3) is 11.3 Å². The SMILES string of the molecule is CC[C@]12C[C@@H](Oc3ccc(C(=O)OC)cn3)CN1c1cc(-c3cc(F)cc(F)c3OC)nnc1N(C(=O)O)C2. The van der Waals surface area contributed by atoms with E-state index >= 15 is 0 Å². The number of hydrogen-bond acceptors (Lipinski definition) is 9. The molecule has 4 heterocycles. The first-order valence-corrected chi connectivity index (χ1v) is 12.1. The molecule has 2 atom stereocenters.